The lowest BCUT2D eigenvalue weighted by Crippen LogP contribution is -2.08. The molecule has 1 heterocycles. The molecule has 0 radical (unpaired) electrons. The predicted molar refractivity (Wildman–Crippen MR) is 101 cm³/mol. The lowest BCUT2D eigenvalue weighted by atomic mass is 10.2. The van der Waals surface area contributed by atoms with Crippen molar-refractivity contribution in [3.63, 3.8) is 0 Å². The van der Waals surface area contributed by atoms with Crippen LogP contribution in [-0.4, -0.2) is 38.2 Å². The minimum absolute atomic E-state index is 0.127. The molecule has 0 atom stereocenters. The van der Waals surface area contributed by atoms with E-state index in [2.05, 4.69) is 10.2 Å². The van der Waals surface area contributed by atoms with E-state index in [1.54, 1.807) is 43.3 Å². The Kier molecular flexibility index (Phi) is 5.80. The first-order valence-corrected chi connectivity index (χ1v) is 9.24. The number of aromatic hydroxyl groups is 1. The summed E-state index contributed by atoms with van der Waals surface area (Å²) in [6.45, 7) is 2.10. The molecule has 0 fully saturated rings. The molecule has 8 heteroatoms. The van der Waals surface area contributed by atoms with Gasteiger partial charge in [0.25, 0.3) is 0 Å². The summed E-state index contributed by atoms with van der Waals surface area (Å²) in [6.07, 6.45) is 0. The van der Waals surface area contributed by atoms with Gasteiger partial charge in [0.1, 0.15) is 5.75 Å². The molecule has 1 N–H and O–H groups in total. The highest BCUT2D eigenvalue weighted by atomic mass is 35.5. The van der Waals surface area contributed by atoms with Gasteiger partial charge in [-0.15, -0.1) is 10.2 Å². The van der Waals surface area contributed by atoms with E-state index in [1.165, 1.54) is 11.8 Å². The van der Waals surface area contributed by atoms with E-state index in [0.717, 1.165) is 11.3 Å². The van der Waals surface area contributed by atoms with Crippen molar-refractivity contribution in [3.05, 3.63) is 53.6 Å². The standard InChI is InChI=1S/C18H16ClN3O3S/c1-2-25-16(24)11-26-18-21-20-17(12-6-8-15(23)9-7-12)22(18)14-5-3-4-13(19)10-14/h3-10,23H,2,11H2,1H3. The van der Waals surface area contributed by atoms with Gasteiger partial charge in [0.15, 0.2) is 11.0 Å². The molecule has 26 heavy (non-hydrogen) atoms. The first-order valence-electron chi connectivity index (χ1n) is 7.87. The normalized spacial score (nSPS) is 10.7. The Hall–Kier alpha value is -2.51. The zero-order chi connectivity index (χ0) is 18.5. The minimum Gasteiger partial charge on any atom is -0.508 e. The van der Waals surface area contributed by atoms with Crippen molar-refractivity contribution in [3.8, 4) is 22.8 Å². The maximum Gasteiger partial charge on any atom is 0.316 e. The van der Waals surface area contributed by atoms with E-state index >= 15 is 0 Å². The van der Waals surface area contributed by atoms with E-state index in [9.17, 15) is 9.90 Å². The number of ether oxygens (including phenoxy) is 1. The topological polar surface area (TPSA) is 77.2 Å². The summed E-state index contributed by atoms with van der Waals surface area (Å²) < 4.78 is 6.79. The Bertz CT molecular complexity index is 912. The van der Waals surface area contributed by atoms with Gasteiger partial charge >= 0.3 is 5.97 Å². The van der Waals surface area contributed by atoms with Crippen LogP contribution in [0.1, 0.15) is 6.92 Å². The van der Waals surface area contributed by atoms with Gasteiger partial charge in [0.05, 0.1) is 18.0 Å². The minimum atomic E-state index is -0.315. The van der Waals surface area contributed by atoms with Crippen molar-refractivity contribution in [2.24, 2.45) is 0 Å². The molecule has 0 aliphatic rings. The molecular formula is C18H16ClN3O3S. The van der Waals surface area contributed by atoms with Crippen molar-refractivity contribution >= 4 is 29.3 Å². The molecule has 0 aliphatic heterocycles. The monoisotopic (exact) mass is 389 g/mol. The van der Waals surface area contributed by atoms with Crippen molar-refractivity contribution < 1.29 is 14.6 Å². The summed E-state index contributed by atoms with van der Waals surface area (Å²) in [7, 11) is 0. The molecule has 134 valence electrons. The maximum atomic E-state index is 11.7. The average molecular weight is 390 g/mol. The van der Waals surface area contributed by atoms with Crippen molar-refractivity contribution in [2.75, 3.05) is 12.4 Å². The zero-order valence-electron chi connectivity index (χ0n) is 13.9. The van der Waals surface area contributed by atoms with Crippen LogP contribution in [0.15, 0.2) is 53.7 Å². The van der Waals surface area contributed by atoms with Crippen molar-refractivity contribution in [1.82, 2.24) is 14.8 Å². The Morgan fingerprint density at radius 1 is 1.23 bits per heavy atom. The summed E-state index contributed by atoms with van der Waals surface area (Å²) in [5.41, 5.74) is 1.55. The number of phenolic OH excluding ortho intramolecular Hbond substituents is 1. The van der Waals surface area contributed by atoms with Crippen molar-refractivity contribution in [2.45, 2.75) is 12.1 Å². The van der Waals surface area contributed by atoms with Gasteiger partial charge in [-0.3, -0.25) is 9.36 Å². The molecule has 0 spiro atoms. The first-order chi connectivity index (χ1) is 12.6. The highest BCUT2D eigenvalue weighted by Crippen LogP contribution is 2.29. The highest BCUT2D eigenvalue weighted by Gasteiger charge is 2.18. The number of halogens is 1. The van der Waals surface area contributed by atoms with Crippen molar-refractivity contribution in [1.29, 1.82) is 0 Å². The van der Waals surface area contributed by atoms with Gasteiger partial charge in [-0.1, -0.05) is 29.4 Å². The quantitative estimate of drug-likeness (QED) is 0.508. The number of carbonyl (C=O) groups excluding carboxylic acids is 1. The fourth-order valence-corrected chi connectivity index (χ4v) is 3.27. The lowest BCUT2D eigenvalue weighted by Gasteiger charge is -2.10. The van der Waals surface area contributed by atoms with Gasteiger partial charge in [-0.25, -0.2) is 0 Å². The van der Waals surface area contributed by atoms with Gasteiger partial charge in [-0.05, 0) is 49.4 Å². The van der Waals surface area contributed by atoms with Crippen LogP contribution >= 0.6 is 23.4 Å². The Balaban J connectivity index is 2.02. The van der Waals surface area contributed by atoms with Gasteiger partial charge < -0.3 is 9.84 Å². The molecule has 0 saturated carbocycles. The molecule has 0 aliphatic carbocycles. The molecule has 1 aromatic heterocycles. The van der Waals surface area contributed by atoms with Crippen LogP contribution in [0.2, 0.25) is 5.02 Å². The number of aromatic nitrogens is 3. The molecule has 6 nitrogen and oxygen atoms in total. The summed E-state index contributed by atoms with van der Waals surface area (Å²) >= 11 is 7.37. The number of nitrogens with zero attached hydrogens (tertiary/aromatic N) is 3. The van der Waals surface area contributed by atoms with Crippen LogP contribution in [0.4, 0.5) is 0 Å². The van der Waals surface area contributed by atoms with E-state index < -0.39 is 0 Å². The average Bonchev–Trinajstić information content (AvgIpc) is 3.05. The molecule has 2 aromatic carbocycles. The fourth-order valence-electron chi connectivity index (χ4n) is 2.33. The van der Waals surface area contributed by atoms with Gasteiger partial charge in [0, 0.05) is 10.6 Å². The Morgan fingerprint density at radius 2 is 2.00 bits per heavy atom. The van der Waals surface area contributed by atoms with E-state index in [0.29, 0.717) is 22.6 Å². The smallest absolute Gasteiger partial charge is 0.316 e. The second-order valence-corrected chi connectivity index (χ2v) is 6.64. The SMILES string of the molecule is CCOC(=O)CSc1nnc(-c2ccc(O)cc2)n1-c1cccc(Cl)c1. The number of hydrogen-bond donors (Lipinski definition) is 1. The molecule has 0 unspecified atom stereocenters. The largest absolute Gasteiger partial charge is 0.508 e. The predicted octanol–water partition coefficient (Wildman–Crippen LogP) is 3.95. The molecule has 3 aromatic rings. The van der Waals surface area contributed by atoms with Crippen LogP contribution in [-0.2, 0) is 9.53 Å². The molecule has 0 amide bonds. The summed E-state index contributed by atoms with van der Waals surface area (Å²) in [4.78, 5) is 11.7. The lowest BCUT2D eigenvalue weighted by molar-refractivity contribution is -0.139. The molecular weight excluding hydrogens is 374 g/mol. The summed E-state index contributed by atoms with van der Waals surface area (Å²) in [5, 5.41) is 19.1. The Labute approximate surface area is 159 Å². The van der Waals surface area contributed by atoms with E-state index in [4.69, 9.17) is 16.3 Å². The second-order valence-electron chi connectivity index (χ2n) is 5.26. The third-order valence-corrected chi connectivity index (χ3v) is 4.59. The third-order valence-electron chi connectivity index (χ3n) is 3.45. The van der Waals surface area contributed by atoms with Crippen LogP contribution in [0.3, 0.4) is 0 Å². The summed E-state index contributed by atoms with van der Waals surface area (Å²) in [6, 6.07) is 14.0. The van der Waals surface area contributed by atoms with Crippen LogP contribution in [0, 0.1) is 0 Å². The van der Waals surface area contributed by atoms with E-state index in [1.807, 2.05) is 16.7 Å². The maximum absolute atomic E-state index is 11.7. The third kappa shape index (κ3) is 4.17. The zero-order valence-corrected chi connectivity index (χ0v) is 15.5. The van der Waals surface area contributed by atoms with Gasteiger partial charge in [-0.2, -0.15) is 0 Å². The number of phenols is 1. The molecule has 0 bridgehead atoms. The van der Waals surface area contributed by atoms with Gasteiger partial charge in [0.2, 0.25) is 0 Å². The number of thioether (sulfide) groups is 1. The first kappa shape index (κ1) is 18.3. The van der Waals surface area contributed by atoms with E-state index in [-0.39, 0.29) is 17.5 Å². The molecule has 3 rings (SSSR count). The summed E-state index contributed by atoms with van der Waals surface area (Å²) in [5.74, 6) is 0.560. The number of hydrogen-bond acceptors (Lipinski definition) is 6. The highest BCUT2D eigenvalue weighted by molar-refractivity contribution is 7.99. The Morgan fingerprint density at radius 3 is 2.69 bits per heavy atom. The number of carbonyl (C=O) groups is 1. The molecule has 0 saturated heterocycles. The number of rotatable bonds is 6. The second kappa shape index (κ2) is 8.25. The number of esters is 1. The fraction of sp³-hybridized carbons (Fsp3) is 0.167. The van der Waals surface area contributed by atoms with Crippen LogP contribution in [0.5, 0.6) is 5.75 Å². The number of benzene rings is 2. The van der Waals surface area contributed by atoms with Crippen LogP contribution < -0.4 is 0 Å². The van der Waals surface area contributed by atoms with Crippen LogP contribution in [0.25, 0.3) is 17.1 Å².